The van der Waals surface area contributed by atoms with Crippen LogP contribution in [0.4, 0.5) is 10.1 Å². The molecule has 0 saturated carbocycles. The number of hydrogen-bond acceptors (Lipinski definition) is 5. The molecule has 0 spiro atoms. The molecule has 0 unspecified atom stereocenters. The molecule has 0 aliphatic heterocycles. The van der Waals surface area contributed by atoms with Crippen LogP contribution < -0.4 is 5.32 Å². The molecular weight excluding hydrogens is 415 g/mol. The van der Waals surface area contributed by atoms with Crippen molar-refractivity contribution < 1.29 is 14.0 Å². The standard InChI is InChI=1S/C23H17FN4O2S/c24-19-9-5-4-8-18(19)21-26-23(28-27-21)31-14-20(29)15-10-12-17(13-11-15)25-22(30)16-6-2-1-3-7-16/h1-13H,14H2,(H,25,30)(H,26,27,28). The Morgan fingerprint density at radius 2 is 1.61 bits per heavy atom. The summed E-state index contributed by atoms with van der Waals surface area (Å²) in [5.74, 6) is -0.282. The maximum atomic E-state index is 13.9. The summed E-state index contributed by atoms with van der Waals surface area (Å²) in [6, 6.07) is 21.8. The van der Waals surface area contributed by atoms with Crippen LogP contribution in [0, 0.1) is 5.82 Å². The van der Waals surface area contributed by atoms with Gasteiger partial charge in [0.25, 0.3) is 5.91 Å². The molecule has 3 aromatic carbocycles. The van der Waals surface area contributed by atoms with Crippen LogP contribution in [0.1, 0.15) is 20.7 Å². The monoisotopic (exact) mass is 432 g/mol. The number of carbonyl (C=O) groups excluding carboxylic acids is 2. The van der Waals surface area contributed by atoms with Gasteiger partial charge in [0, 0.05) is 16.8 Å². The van der Waals surface area contributed by atoms with Crippen LogP contribution in [0.5, 0.6) is 0 Å². The zero-order valence-electron chi connectivity index (χ0n) is 16.2. The van der Waals surface area contributed by atoms with Gasteiger partial charge in [-0.15, -0.1) is 5.10 Å². The maximum Gasteiger partial charge on any atom is 0.255 e. The van der Waals surface area contributed by atoms with Crippen molar-refractivity contribution in [2.24, 2.45) is 0 Å². The Labute approximate surface area is 181 Å². The number of thioether (sulfide) groups is 1. The number of aromatic amines is 1. The van der Waals surface area contributed by atoms with E-state index in [0.717, 1.165) is 11.8 Å². The second-order valence-electron chi connectivity index (χ2n) is 6.56. The van der Waals surface area contributed by atoms with Crippen LogP contribution in [0.15, 0.2) is 84.0 Å². The smallest absolute Gasteiger partial charge is 0.255 e. The molecule has 1 amide bonds. The largest absolute Gasteiger partial charge is 0.322 e. The van der Waals surface area contributed by atoms with Crippen LogP contribution in [0.3, 0.4) is 0 Å². The van der Waals surface area contributed by atoms with Crippen LogP contribution in [0.2, 0.25) is 0 Å². The second kappa shape index (κ2) is 9.36. The van der Waals surface area contributed by atoms with Crippen molar-refractivity contribution in [1.29, 1.82) is 0 Å². The third-order valence-electron chi connectivity index (χ3n) is 4.43. The van der Waals surface area contributed by atoms with Gasteiger partial charge in [-0.2, -0.15) is 0 Å². The molecule has 4 aromatic rings. The third-order valence-corrected chi connectivity index (χ3v) is 5.27. The number of ketones is 1. The lowest BCUT2D eigenvalue weighted by molar-refractivity contribution is 0.101. The molecule has 0 aliphatic rings. The van der Waals surface area contributed by atoms with E-state index in [1.54, 1.807) is 66.7 Å². The van der Waals surface area contributed by atoms with E-state index >= 15 is 0 Å². The van der Waals surface area contributed by atoms with Crippen LogP contribution >= 0.6 is 11.8 Å². The number of aromatic nitrogens is 3. The molecule has 0 saturated heterocycles. The predicted octanol–water partition coefficient (Wildman–Crippen LogP) is 4.84. The number of halogens is 1. The van der Waals surface area contributed by atoms with Gasteiger partial charge in [-0.3, -0.25) is 14.7 Å². The van der Waals surface area contributed by atoms with Gasteiger partial charge in [-0.05, 0) is 48.5 Å². The number of Topliss-reactive ketones (excluding diaryl/α,β-unsaturated/α-hetero) is 1. The lowest BCUT2D eigenvalue weighted by Gasteiger charge is -2.06. The number of amides is 1. The molecule has 4 rings (SSSR count). The number of nitrogens with one attached hydrogen (secondary N) is 2. The SMILES string of the molecule is O=C(CSc1n[nH]c(-c2ccccc2F)n1)c1ccc(NC(=O)c2ccccc2)cc1. The first kappa shape index (κ1) is 20.5. The summed E-state index contributed by atoms with van der Waals surface area (Å²) in [7, 11) is 0. The molecule has 154 valence electrons. The summed E-state index contributed by atoms with van der Waals surface area (Å²) in [6.07, 6.45) is 0. The summed E-state index contributed by atoms with van der Waals surface area (Å²) in [5, 5.41) is 9.88. The van der Waals surface area contributed by atoms with Gasteiger partial charge >= 0.3 is 0 Å². The summed E-state index contributed by atoms with van der Waals surface area (Å²) >= 11 is 1.16. The van der Waals surface area contributed by atoms with E-state index in [2.05, 4.69) is 20.5 Å². The highest BCUT2D eigenvalue weighted by Gasteiger charge is 2.13. The van der Waals surface area contributed by atoms with Gasteiger partial charge in [-0.25, -0.2) is 9.37 Å². The summed E-state index contributed by atoms with van der Waals surface area (Å²) in [6.45, 7) is 0. The van der Waals surface area contributed by atoms with Gasteiger partial charge in [0.2, 0.25) is 5.16 Å². The predicted molar refractivity (Wildman–Crippen MR) is 118 cm³/mol. The summed E-state index contributed by atoms with van der Waals surface area (Å²) in [4.78, 5) is 28.9. The van der Waals surface area contributed by atoms with Gasteiger partial charge in [0.15, 0.2) is 11.6 Å². The number of H-pyrrole nitrogens is 1. The molecule has 0 fully saturated rings. The second-order valence-corrected chi connectivity index (χ2v) is 7.50. The minimum atomic E-state index is -0.397. The van der Waals surface area contributed by atoms with Gasteiger partial charge < -0.3 is 5.32 Å². The fourth-order valence-corrected chi connectivity index (χ4v) is 3.52. The highest BCUT2D eigenvalue weighted by atomic mass is 32.2. The Kier molecular flexibility index (Phi) is 6.18. The Bertz CT molecular complexity index is 1210. The number of carbonyl (C=O) groups is 2. The van der Waals surface area contributed by atoms with Gasteiger partial charge in [0.05, 0.1) is 11.3 Å². The first-order valence-corrected chi connectivity index (χ1v) is 10.4. The molecule has 2 N–H and O–H groups in total. The Balaban J connectivity index is 1.34. The Morgan fingerprint density at radius 3 is 2.35 bits per heavy atom. The van der Waals surface area contributed by atoms with E-state index in [-0.39, 0.29) is 17.4 Å². The Morgan fingerprint density at radius 1 is 0.903 bits per heavy atom. The minimum Gasteiger partial charge on any atom is -0.322 e. The third kappa shape index (κ3) is 5.04. The number of hydrogen-bond donors (Lipinski definition) is 2. The average molecular weight is 432 g/mol. The zero-order chi connectivity index (χ0) is 21.6. The maximum absolute atomic E-state index is 13.9. The lowest BCUT2D eigenvalue weighted by atomic mass is 10.1. The molecule has 0 atom stereocenters. The van der Waals surface area contributed by atoms with E-state index in [1.807, 2.05) is 6.07 Å². The van der Waals surface area contributed by atoms with E-state index in [9.17, 15) is 14.0 Å². The normalized spacial score (nSPS) is 10.6. The van der Waals surface area contributed by atoms with Crippen molar-refractivity contribution in [1.82, 2.24) is 15.2 Å². The van der Waals surface area contributed by atoms with Crippen molar-refractivity contribution >= 4 is 29.1 Å². The minimum absolute atomic E-state index is 0.108. The molecule has 8 heteroatoms. The highest BCUT2D eigenvalue weighted by molar-refractivity contribution is 7.99. The number of rotatable bonds is 7. The lowest BCUT2D eigenvalue weighted by Crippen LogP contribution is -2.11. The topological polar surface area (TPSA) is 87.7 Å². The molecule has 0 radical (unpaired) electrons. The summed E-state index contributed by atoms with van der Waals surface area (Å²) < 4.78 is 13.9. The molecule has 1 aromatic heterocycles. The first-order chi connectivity index (χ1) is 15.1. The fraction of sp³-hybridized carbons (Fsp3) is 0.0435. The van der Waals surface area contributed by atoms with Crippen molar-refractivity contribution in [3.8, 4) is 11.4 Å². The molecule has 31 heavy (non-hydrogen) atoms. The Hall–Kier alpha value is -3.78. The van der Waals surface area contributed by atoms with E-state index in [4.69, 9.17) is 0 Å². The first-order valence-electron chi connectivity index (χ1n) is 9.40. The molecule has 1 heterocycles. The van der Waals surface area contributed by atoms with Gasteiger partial charge in [-0.1, -0.05) is 42.1 Å². The molecule has 6 nitrogen and oxygen atoms in total. The summed E-state index contributed by atoms with van der Waals surface area (Å²) in [5.41, 5.74) is 1.98. The zero-order valence-corrected chi connectivity index (χ0v) is 17.0. The van der Waals surface area contributed by atoms with Crippen LogP contribution in [0.25, 0.3) is 11.4 Å². The number of nitrogens with zero attached hydrogens (tertiary/aromatic N) is 2. The number of anilines is 1. The van der Waals surface area contributed by atoms with Gasteiger partial charge in [0.1, 0.15) is 5.82 Å². The van der Waals surface area contributed by atoms with Crippen LogP contribution in [-0.2, 0) is 0 Å². The highest BCUT2D eigenvalue weighted by Crippen LogP contribution is 2.22. The molecular formula is C23H17FN4O2S. The molecule has 0 bridgehead atoms. The van der Waals surface area contributed by atoms with Crippen molar-refractivity contribution in [3.05, 3.63) is 95.8 Å². The van der Waals surface area contributed by atoms with E-state index in [0.29, 0.717) is 33.4 Å². The average Bonchev–Trinajstić information content (AvgIpc) is 3.27. The van der Waals surface area contributed by atoms with Crippen molar-refractivity contribution in [3.63, 3.8) is 0 Å². The van der Waals surface area contributed by atoms with E-state index in [1.165, 1.54) is 6.07 Å². The van der Waals surface area contributed by atoms with E-state index < -0.39 is 5.82 Å². The number of benzene rings is 3. The quantitative estimate of drug-likeness (QED) is 0.322. The van der Waals surface area contributed by atoms with Crippen molar-refractivity contribution in [2.45, 2.75) is 5.16 Å². The van der Waals surface area contributed by atoms with Crippen molar-refractivity contribution in [2.75, 3.05) is 11.1 Å². The molecule has 0 aliphatic carbocycles. The fourth-order valence-electron chi connectivity index (χ4n) is 2.83. The van der Waals surface area contributed by atoms with Crippen LogP contribution in [-0.4, -0.2) is 32.6 Å².